The first kappa shape index (κ1) is 21.2. The molecule has 0 radical (unpaired) electrons. The SMILES string of the molecule is O=C([O-])CC(O)C[C@H](O)/C=C/c1c(C2CC2)nc2ccccc2c1-c1ccc(F)cc1. The molecule has 2 atom stereocenters. The summed E-state index contributed by atoms with van der Waals surface area (Å²) in [5.74, 6) is -1.36. The molecule has 1 aliphatic rings. The van der Waals surface area contributed by atoms with Crippen molar-refractivity contribution in [3.63, 3.8) is 0 Å². The fourth-order valence-corrected chi connectivity index (χ4v) is 3.85. The van der Waals surface area contributed by atoms with Crippen molar-refractivity contribution in [1.29, 1.82) is 0 Å². The van der Waals surface area contributed by atoms with Gasteiger partial charge in [0.15, 0.2) is 0 Å². The zero-order valence-corrected chi connectivity index (χ0v) is 16.9. The van der Waals surface area contributed by atoms with Gasteiger partial charge in [0.05, 0.1) is 23.4 Å². The van der Waals surface area contributed by atoms with Gasteiger partial charge in [-0.1, -0.05) is 42.5 Å². The van der Waals surface area contributed by atoms with Gasteiger partial charge in [-0.3, -0.25) is 4.98 Å². The van der Waals surface area contributed by atoms with Crippen molar-refractivity contribution in [2.75, 3.05) is 0 Å². The highest BCUT2D eigenvalue weighted by Crippen LogP contribution is 2.45. The van der Waals surface area contributed by atoms with Crippen LogP contribution in [0.2, 0.25) is 0 Å². The summed E-state index contributed by atoms with van der Waals surface area (Å²) in [6.07, 6.45) is 2.51. The van der Waals surface area contributed by atoms with Gasteiger partial charge in [-0.15, -0.1) is 0 Å². The zero-order valence-electron chi connectivity index (χ0n) is 16.9. The van der Waals surface area contributed by atoms with E-state index in [2.05, 4.69) is 0 Å². The molecule has 0 amide bonds. The maximum atomic E-state index is 13.6. The number of carboxylic acid groups (broad SMARTS) is 1. The van der Waals surface area contributed by atoms with Crippen LogP contribution in [0.3, 0.4) is 0 Å². The van der Waals surface area contributed by atoms with Crippen LogP contribution in [0.5, 0.6) is 0 Å². The van der Waals surface area contributed by atoms with E-state index in [9.17, 15) is 24.5 Å². The van der Waals surface area contributed by atoms with E-state index in [0.29, 0.717) is 5.92 Å². The van der Waals surface area contributed by atoms with Crippen LogP contribution >= 0.6 is 0 Å². The fraction of sp³-hybridized carbons (Fsp3) is 0.280. The molecule has 4 rings (SSSR count). The molecular weight excluding hydrogens is 397 g/mol. The van der Waals surface area contributed by atoms with Crippen molar-refractivity contribution >= 4 is 22.9 Å². The summed E-state index contributed by atoms with van der Waals surface area (Å²) in [7, 11) is 0. The number of aromatic nitrogens is 1. The van der Waals surface area contributed by atoms with Gasteiger partial charge < -0.3 is 20.1 Å². The molecule has 1 fully saturated rings. The van der Waals surface area contributed by atoms with Crippen LogP contribution in [0.4, 0.5) is 4.39 Å². The minimum atomic E-state index is -1.36. The molecule has 2 aromatic carbocycles. The molecular formula is C25H23FNO4-. The van der Waals surface area contributed by atoms with E-state index in [4.69, 9.17) is 4.98 Å². The van der Waals surface area contributed by atoms with Crippen LogP contribution in [-0.2, 0) is 4.79 Å². The van der Waals surface area contributed by atoms with Crippen LogP contribution in [-0.4, -0.2) is 33.4 Å². The quantitative estimate of drug-likeness (QED) is 0.584. The number of pyridine rings is 1. The Morgan fingerprint density at radius 1 is 1.16 bits per heavy atom. The Kier molecular flexibility index (Phi) is 6.11. The molecule has 1 unspecified atom stereocenters. The standard InChI is InChI=1S/C25H24FNO4/c26-17-9-7-15(8-10-17)24-20-3-1-2-4-22(20)27-25(16-5-6-16)21(24)12-11-18(28)13-19(29)14-23(30)31/h1-4,7-12,16,18-19,28-29H,5-6,13-14H2,(H,30,31)/p-1/b12-11+/t18-,19?/m1/s1. The highest BCUT2D eigenvalue weighted by Gasteiger charge is 2.29. The Morgan fingerprint density at radius 2 is 1.87 bits per heavy atom. The summed E-state index contributed by atoms with van der Waals surface area (Å²) in [5.41, 5.74) is 4.38. The number of carboxylic acids is 1. The second-order valence-corrected chi connectivity index (χ2v) is 7.98. The Labute approximate surface area is 179 Å². The van der Waals surface area contributed by atoms with Crippen LogP contribution in [0.15, 0.2) is 54.6 Å². The van der Waals surface area contributed by atoms with E-state index in [1.165, 1.54) is 12.1 Å². The lowest BCUT2D eigenvalue weighted by Crippen LogP contribution is -2.29. The van der Waals surface area contributed by atoms with Crippen LogP contribution in [0.25, 0.3) is 28.1 Å². The average molecular weight is 420 g/mol. The van der Waals surface area contributed by atoms with E-state index in [-0.39, 0.29) is 12.2 Å². The maximum absolute atomic E-state index is 13.6. The second-order valence-electron chi connectivity index (χ2n) is 7.98. The van der Waals surface area contributed by atoms with Crippen LogP contribution in [0.1, 0.15) is 42.9 Å². The summed E-state index contributed by atoms with van der Waals surface area (Å²) in [6, 6.07) is 14.1. The smallest absolute Gasteiger partial charge is 0.123 e. The van der Waals surface area contributed by atoms with E-state index >= 15 is 0 Å². The molecule has 31 heavy (non-hydrogen) atoms. The number of benzene rings is 2. The molecule has 0 saturated heterocycles. The van der Waals surface area contributed by atoms with Crippen LogP contribution in [0, 0.1) is 5.82 Å². The largest absolute Gasteiger partial charge is 0.550 e. The predicted octanol–water partition coefficient (Wildman–Crippen LogP) is 3.18. The van der Waals surface area contributed by atoms with Crippen molar-refractivity contribution < 1.29 is 24.5 Å². The number of hydrogen-bond donors (Lipinski definition) is 2. The number of aliphatic hydroxyl groups excluding tert-OH is 2. The number of aliphatic hydroxyl groups is 2. The third-order valence-electron chi connectivity index (χ3n) is 5.46. The monoisotopic (exact) mass is 420 g/mol. The minimum Gasteiger partial charge on any atom is -0.550 e. The highest BCUT2D eigenvalue weighted by molar-refractivity contribution is 5.99. The highest BCUT2D eigenvalue weighted by atomic mass is 19.1. The maximum Gasteiger partial charge on any atom is 0.123 e. The third-order valence-corrected chi connectivity index (χ3v) is 5.46. The molecule has 6 heteroatoms. The molecule has 0 spiro atoms. The Bertz CT molecular complexity index is 1120. The number of rotatable bonds is 8. The molecule has 2 N–H and O–H groups in total. The molecule has 3 aromatic rings. The first-order chi connectivity index (χ1) is 14.9. The number of carbonyl (C=O) groups excluding carboxylic acids is 1. The number of nitrogens with zero attached hydrogens (tertiary/aromatic N) is 1. The lowest BCUT2D eigenvalue weighted by molar-refractivity contribution is -0.307. The van der Waals surface area contributed by atoms with Gasteiger partial charge in [-0.25, -0.2) is 4.39 Å². The summed E-state index contributed by atoms with van der Waals surface area (Å²) in [6.45, 7) is 0. The fourth-order valence-electron chi connectivity index (χ4n) is 3.85. The number of hydrogen-bond acceptors (Lipinski definition) is 5. The van der Waals surface area contributed by atoms with E-state index in [0.717, 1.165) is 46.1 Å². The normalized spacial score (nSPS) is 16.0. The van der Waals surface area contributed by atoms with Gasteiger partial charge in [0.2, 0.25) is 0 Å². The molecule has 1 saturated carbocycles. The molecule has 0 bridgehead atoms. The van der Waals surface area contributed by atoms with E-state index < -0.39 is 24.6 Å². The molecule has 1 aliphatic carbocycles. The van der Waals surface area contributed by atoms with E-state index in [1.54, 1.807) is 24.3 Å². The first-order valence-corrected chi connectivity index (χ1v) is 10.3. The molecule has 160 valence electrons. The van der Waals surface area contributed by atoms with Gasteiger partial charge in [0, 0.05) is 41.2 Å². The van der Waals surface area contributed by atoms with Gasteiger partial charge in [0.1, 0.15) is 5.82 Å². The lowest BCUT2D eigenvalue weighted by Gasteiger charge is -2.17. The topological polar surface area (TPSA) is 93.5 Å². The van der Waals surface area contributed by atoms with Crippen molar-refractivity contribution in [2.24, 2.45) is 0 Å². The zero-order chi connectivity index (χ0) is 22.0. The van der Waals surface area contributed by atoms with Gasteiger partial charge in [-0.2, -0.15) is 0 Å². The van der Waals surface area contributed by atoms with Crippen molar-refractivity contribution in [3.8, 4) is 11.1 Å². The first-order valence-electron chi connectivity index (χ1n) is 10.3. The van der Waals surface area contributed by atoms with Crippen molar-refractivity contribution in [3.05, 3.63) is 71.7 Å². The summed E-state index contributed by atoms with van der Waals surface area (Å²) >= 11 is 0. The third kappa shape index (κ3) is 4.98. The van der Waals surface area contributed by atoms with E-state index in [1.807, 2.05) is 24.3 Å². The second kappa shape index (κ2) is 8.96. The van der Waals surface area contributed by atoms with Crippen molar-refractivity contribution in [2.45, 2.75) is 43.8 Å². The van der Waals surface area contributed by atoms with Crippen LogP contribution < -0.4 is 5.11 Å². The predicted molar refractivity (Wildman–Crippen MR) is 114 cm³/mol. The molecule has 0 aliphatic heterocycles. The summed E-state index contributed by atoms with van der Waals surface area (Å²) < 4.78 is 13.6. The number of halogens is 1. The lowest BCUT2D eigenvalue weighted by atomic mass is 9.92. The summed E-state index contributed by atoms with van der Waals surface area (Å²) in [4.78, 5) is 15.5. The molecule has 1 heterocycles. The number of fused-ring (bicyclic) bond motifs is 1. The van der Waals surface area contributed by atoms with Gasteiger partial charge >= 0.3 is 0 Å². The number of aliphatic carboxylic acids is 1. The molecule has 5 nitrogen and oxygen atoms in total. The number of carbonyl (C=O) groups is 1. The van der Waals surface area contributed by atoms with Crippen molar-refractivity contribution in [1.82, 2.24) is 4.98 Å². The average Bonchev–Trinajstić information content (AvgIpc) is 3.56. The van der Waals surface area contributed by atoms with Gasteiger partial charge in [-0.05, 0) is 36.6 Å². The Balaban J connectivity index is 1.79. The van der Waals surface area contributed by atoms with Gasteiger partial charge in [0.25, 0.3) is 0 Å². The Morgan fingerprint density at radius 3 is 2.55 bits per heavy atom. The summed E-state index contributed by atoms with van der Waals surface area (Å²) in [5, 5.41) is 31.7. The number of para-hydroxylation sites is 1. The Hall–Kier alpha value is -3.09. The minimum absolute atomic E-state index is 0.115. The molecule has 1 aromatic heterocycles.